The molecule has 36 heavy (non-hydrogen) atoms. The third kappa shape index (κ3) is 4.79. The Morgan fingerprint density at radius 3 is 2.75 bits per heavy atom. The van der Waals surface area contributed by atoms with Crippen LogP contribution in [0.5, 0.6) is 0 Å². The van der Waals surface area contributed by atoms with Gasteiger partial charge in [-0.15, -0.1) is 0 Å². The smallest absolute Gasteiger partial charge is 0.289 e. The van der Waals surface area contributed by atoms with Gasteiger partial charge in [-0.25, -0.2) is 0 Å². The number of nitrogens with zero attached hydrogens (tertiary/aromatic N) is 3. The van der Waals surface area contributed by atoms with E-state index in [-0.39, 0.29) is 5.91 Å². The third-order valence-electron chi connectivity index (χ3n) is 7.40. The van der Waals surface area contributed by atoms with E-state index in [1.54, 1.807) is 24.2 Å². The highest BCUT2D eigenvalue weighted by molar-refractivity contribution is 5.96. The minimum absolute atomic E-state index is 0.181. The summed E-state index contributed by atoms with van der Waals surface area (Å²) in [6.07, 6.45) is 5.28. The summed E-state index contributed by atoms with van der Waals surface area (Å²) in [5.74, 6) is 0.117. The fourth-order valence-corrected chi connectivity index (χ4v) is 5.07. The van der Waals surface area contributed by atoms with Crippen LogP contribution < -0.4 is 0 Å². The number of carbonyl (C=O) groups excluding carboxylic acids is 1. The second kappa shape index (κ2) is 9.88. The van der Waals surface area contributed by atoms with Crippen molar-refractivity contribution in [1.82, 2.24) is 14.8 Å². The van der Waals surface area contributed by atoms with E-state index in [4.69, 9.17) is 4.42 Å². The Hall–Kier alpha value is -3.48. The summed E-state index contributed by atoms with van der Waals surface area (Å²) in [4.78, 5) is 21.7. The fraction of sp³-hybridized carbons (Fsp3) is 0.333. The number of fused-ring (bicyclic) bond motifs is 2. The summed E-state index contributed by atoms with van der Waals surface area (Å²) < 4.78 is 5.92. The number of amides is 1. The summed E-state index contributed by atoms with van der Waals surface area (Å²) in [5, 5.41) is 13.3. The van der Waals surface area contributed by atoms with Crippen LogP contribution in [0.15, 0.2) is 76.9 Å². The van der Waals surface area contributed by atoms with Crippen molar-refractivity contribution < 1.29 is 14.3 Å². The predicted molar refractivity (Wildman–Crippen MR) is 143 cm³/mol. The highest BCUT2D eigenvalue weighted by Gasteiger charge is 2.34. The zero-order valence-corrected chi connectivity index (χ0v) is 21.2. The molecule has 2 aromatic heterocycles. The van der Waals surface area contributed by atoms with Crippen molar-refractivity contribution in [3.8, 4) is 0 Å². The van der Waals surface area contributed by atoms with Gasteiger partial charge in [-0.2, -0.15) is 0 Å². The minimum atomic E-state index is -0.866. The average Bonchev–Trinajstić information content (AvgIpc) is 3.33. The van der Waals surface area contributed by atoms with Crippen molar-refractivity contribution in [2.45, 2.75) is 38.8 Å². The summed E-state index contributed by atoms with van der Waals surface area (Å²) >= 11 is 0. The van der Waals surface area contributed by atoms with Gasteiger partial charge in [0.2, 0.25) is 0 Å². The first-order chi connectivity index (χ1) is 17.4. The van der Waals surface area contributed by atoms with Gasteiger partial charge in [-0.05, 0) is 68.1 Å². The molecule has 6 nitrogen and oxygen atoms in total. The molecule has 0 saturated carbocycles. The number of allylic oxidation sites excluding steroid dienone is 1. The lowest BCUT2D eigenvalue weighted by atomic mass is 9.84. The molecule has 2 aromatic carbocycles. The summed E-state index contributed by atoms with van der Waals surface area (Å²) in [6.45, 7) is 7.30. The number of rotatable bonds is 6. The molecule has 5 rings (SSSR count). The quantitative estimate of drug-likeness (QED) is 0.367. The largest absolute Gasteiger partial charge is 0.451 e. The molecule has 0 radical (unpaired) electrons. The number of hydrogen-bond donors (Lipinski definition) is 1. The lowest BCUT2D eigenvalue weighted by Gasteiger charge is -2.38. The van der Waals surface area contributed by atoms with Crippen molar-refractivity contribution in [2.75, 3.05) is 26.7 Å². The molecule has 0 spiro atoms. The van der Waals surface area contributed by atoms with Gasteiger partial charge in [0.15, 0.2) is 5.76 Å². The number of aliphatic hydroxyl groups is 1. The van der Waals surface area contributed by atoms with Gasteiger partial charge in [0.25, 0.3) is 5.91 Å². The second-order valence-electron chi connectivity index (χ2n) is 9.95. The van der Waals surface area contributed by atoms with E-state index in [9.17, 15) is 9.90 Å². The Bertz CT molecular complexity index is 1420. The molecule has 3 heterocycles. The predicted octanol–water partition coefficient (Wildman–Crippen LogP) is 5.50. The monoisotopic (exact) mass is 483 g/mol. The van der Waals surface area contributed by atoms with Gasteiger partial charge in [-0.3, -0.25) is 14.7 Å². The molecule has 1 amide bonds. The molecule has 1 aliphatic rings. The van der Waals surface area contributed by atoms with Crippen LogP contribution in [0.25, 0.3) is 21.9 Å². The SMILES string of the molecule is CC=C(C)CN1CCC(O)(c2ccc3oc(C(=O)N(C)Cc4cccc5ncccc45)cc3c2)CC1. The van der Waals surface area contributed by atoms with Crippen molar-refractivity contribution in [2.24, 2.45) is 0 Å². The van der Waals surface area contributed by atoms with Crippen molar-refractivity contribution in [3.05, 3.63) is 89.3 Å². The van der Waals surface area contributed by atoms with Crippen LogP contribution >= 0.6 is 0 Å². The van der Waals surface area contributed by atoms with Gasteiger partial charge in [0.1, 0.15) is 5.58 Å². The summed E-state index contributed by atoms with van der Waals surface area (Å²) in [5.41, 5.74) is 3.96. The standard InChI is InChI=1S/C30H33N3O3/c1-4-21(2)19-33-15-12-30(35,13-16-33)24-10-11-27-23(17-24)18-28(36-27)29(34)32(3)20-22-7-5-9-26-25(22)8-6-14-31-26/h4-11,14,17-18,35H,12-13,15-16,19-20H2,1-3H3. The number of aromatic nitrogens is 1. The van der Waals surface area contributed by atoms with Crippen molar-refractivity contribution in [1.29, 1.82) is 0 Å². The molecular formula is C30H33N3O3. The lowest BCUT2D eigenvalue weighted by molar-refractivity contribution is -0.0238. The Morgan fingerprint density at radius 1 is 1.17 bits per heavy atom. The summed E-state index contributed by atoms with van der Waals surface area (Å²) in [6, 6.07) is 17.4. The summed E-state index contributed by atoms with van der Waals surface area (Å²) in [7, 11) is 1.78. The van der Waals surface area contributed by atoms with E-state index >= 15 is 0 Å². The zero-order chi connectivity index (χ0) is 25.3. The molecule has 1 saturated heterocycles. The molecule has 1 N–H and O–H groups in total. The molecule has 4 aromatic rings. The number of pyridine rings is 1. The molecule has 0 bridgehead atoms. The number of piperidine rings is 1. The van der Waals surface area contributed by atoms with Gasteiger partial charge in [-0.1, -0.05) is 35.9 Å². The van der Waals surface area contributed by atoms with Crippen LogP contribution in [0.1, 0.15) is 48.4 Å². The van der Waals surface area contributed by atoms with Gasteiger partial charge < -0.3 is 14.4 Å². The van der Waals surface area contributed by atoms with E-state index in [1.807, 2.05) is 48.5 Å². The van der Waals surface area contributed by atoms with Crippen LogP contribution in [0.4, 0.5) is 0 Å². The number of furan rings is 1. The number of likely N-dealkylation sites (tertiary alicyclic amines) is 1. The van der Waals surface area contributed by atoms with Gasteiger partial charge in [0, 0.05) is 50.2 Å². The maximum atomic E-state index is 13.2. The molecule has 0 unspecified atom stereocenters. The van der Waals surface area contributed by atoms with Crippen LogP contribution in [0.3, 0.4) is 0 Å². The average molecular weight is 484 g/mol. The minimum Gasteiger partial charge on any atom is -0.451 e. The van der Waals surface area contributed by atoms with Gasteiger partial charge >= 0.3 is 0 Å². The number of benzene rings is 2. The Balaban J connectivity index is 1.32. The van der Waals surface area contributed by atoms with Crippen LogP contribution in [0, 0.1) is 0 Å². The lowest BCUT2D eigenvalue weighted by Crippen LogP contribution is -2.43. The highest BCUT2D eigenvalue weighted by atomic mass is 16.3. The molecule has 1 fully saturated rings. The van der Waals surface area contributed by atoms with Gasteiger partial charge in [0.05, 0.1) is 11.1 Å². The van der Waals surface area contributed by atoms with Crippen molar-refractivity contribution in [3.63, 3.8) is 0 Å². The van der Waals surface area contributed by atoms with E-state index < -0.39 is 5.60 Å². The van der Waals surface area contributed by atoms with Crippen LogP contribution in [-0.4, -0.2) is 52.5 Å². The van der Waals surface area contributed by atoms with E-state index in [0.29, 0.717) is 30.7 Å². The molecule has 6 heteroatoms. The molecular weight excluding hydrogens is 450 g/mol. The van der Waals surface area contributed by atoms with E-state index in [2.05, 4.69) is 29.8 Å². The van der Waals surface area contributed by atoms with E-state index in [1.165, 1.54) is 5.57 Å². The zero-order valence-electron chi connectivity index (χ0n) is 21.2. The first kappa shape index (κ1) is 24.2. The normalized spacial score (nSPS) is 16.5. The Kier molecular flexibility index (Phi) is 6.65. The second-order valence-corrected chi connectivity index (χ2v) is 9.95. The molecule has 186 valence electrons. The Labute approximate surface area is 211 Å². The first-order valence-electron chi connectivity index (χ1n) is 12.5. The maximum Gasteiger partial charge on any atom is 0.289 e. The van der Waals surface area contributed by atoms with E-state index in [0.717, 1.165) is 47.1 Å². The number of carbonyl (C=O) groups is 1. The number of hydrogen-bond acceptors (Lipinski definition) is 5. The van der Waals surface area contributed by atoms with Crippen molar-refractivity contribution >= 4 is 27.8 Å². The Morgan fingerprint density at radius 2 is 1.97 bits per heavy atom. The highest BCUT2D eigenvalue weighted by Crippen LogP contribution is 2.35. The van der Waals surface area contributed by atoms with Crippen LogP contribution in [0.2, 0.25) is 0 Å². The van der Waals surface area contributed by atoms with Crippen LogP contribution in [-0.2, 0) is 12.1 Å². The molecule has 0 atom stereocenters. The molecule has 0 aliphatic carbocycles. The first-order valence-corrected chi connectivity index (χ1v) is 12.5. The third-order valence-corrected chi connectivity index (χ3v) is 7.40. The fourth-order valence-electron chi connectivity index (χ4n) is 5.07. The topological polar surface area (TPSA) is 69.8 Å². The maximum absolute atomic E-state index is 13.2. The molecule has 1 aliphatic heterocycles.